The molecule has 2 amide bonds. The molecular formula is C19H17N3OS. The smallest absolute Gasteiger partial charge is 0.302 e. The van der Waals surface area contributed by atoms with E-state index in [0.717, 1.165) is 16.9 Å². The number of nitriles is 1. The fourth-order valence-corrected chi connectivity index (χ4v) is 4.94. The Hall–Kier alpha value is -2.45. The molecule has 2 aromatic rings. The number of rotatable bonds is 3. The van der Waals surface area contributed by atoms with E-state index in [9.17, 15) is 10.1 Å². The lowest BCUT2D eigenvalue weighted by Gasteiger charge is -2.24. The minimum absolute atomic E-state index is 0.000299. The largest absolute Gasteiger partial charge is 0.323 e. The van der Waals surface area contributed by atoms with Gasteiger partial charge in [-0.1, -0.05) is 60.7 Å². The van der Waals surface area contributed by atoms with Gasteiger partial charge in [-0.05, 0) is 11.1 Å². The Labute approximate surface area is 145 Å². The topological polar surface area (TPSA) is 47.3 Å². The van der Waals surface area contributed by atoms with Crippen LogP contribution in [0, 0.1) is 11.3 Å². The van der Waals surface area contributed by atoms with Crippen molar-refractivity contribution in [1.82, 2.24) is 9.80 Å². The van der Waals surface area contributed by atoms with Gasteiger partial charge in [-0.2, -0.15) is 5.26 Å². The zero-order valence-electron chi connectivity index (χ0n) is 13.1. The van der Waals surface area contributed by atoms with Crippen LogP contribution < -0.4 is 0 Å². The summed E-state index contributed by atoms with van der Waals surface area (Å²) in [6.45, 7) is 0.483. The molecule has 5 heteroatoms. The van der Waals surface area contributed by atoms with Gasteiger partial charge in [0, 0.05) is 12.3 Å². The molecule has 0 N–H and O–H groups in total. The van der Waals surface area contributed by atoms with Crippen molar-refractivity contribution in [2.75, 3.05) is 5.75 Å². The van der Waals surface area contributed by atoms with Crippen LogP contribution in [0.15, 0.2) is 60.7 Å². The molecule has 4 rings (SSSR count). The van der Waals surface area contributed by atoms with E-state index in [1.807, 2.05) is 53.4 Å². The Bertz CT molecular complexity index is 774. The summed E-state index contributed by atoms with van der Waals surface area (Å²) in [5.41, 5.74) is 2.17. The number of urea groups is 1. The van der Waals surface area contributed by atoms with Gasteiger partial charge in [0.05, 0.1) is 12.1 Å². The van der Waals surface area contributed by atoms with E-state index in [1.54, 1.807) is 16.7 Å². The predicted octanol–water partition coefficient (Wildman–Crippen LogP) is 3.63. The van der Waals surface area contributed by atoms with Crippen molar-refractivity contribution in [3.05, 3.63) is 71.8 Å². The maximum absolute atomic E-state index is 13.0. The summed E-state index contributed by atoms with van der Waals surface area (Å²) in [5, 5.41) is 9.66. The average Bonchev–Trinajstić information content (AvgIpc) is 3.17. The number of fused-ring (bicyclic) bond motifs is 1. The minimum atomic E-state index is -0.390. The molecule has 2 heterocycles. The summed E-state index contributed by atoms with van der Waals surface area (Å²) in [4.78, 5) is 16.6. The first kappa shape index (κ1) is 15.1. The van der Waals surface area contributed by atoms with Crippen molar-refractivity contribution in [3.8, 4) is 6.07 Å². The molecule has 0 aromatic heterocycles. The highest BCUT2D eigenvalue weighted by molar-refractivity contribution is 7.99. The number of thioether (sulfide) groups is 1. The van der Waals surface area contributed by atoms with Crippen molar-refractivity contribution in [3.63, 3.8) is 0 Å². The monoisotopic (exact) mass is 335 g/mol. The number of carbonyl (C=O) groups excluding carboxylic acids is 1. The number of hydrogen-bond donors (Lipinski definition) is 0. The van der Waals surface area contributed by atoms with Crippen LogP contribution in [0.1, 0.15) is 16.5 Å². The third kappa shape index (κ3) is 2.44. The zero-order valence-corrected chi connectivity index (χ0v) is 13.9. The normalized spacial score (nSPS) is 25.6. The number of amides is 2. The lowest BCUT2D eigenvalue weighted by atomic mass is 10.1. The molecule has 0 spiro atoms. The van der Waals surface area contributed by atoms with Crippen LogP contribution in [0.3, 0.4) is 0 Å². The van der Waals surface area contributed by atoms with Crippen LogP contribution in [0.2, 0.25) is 0 Å². The highest BCUT2D eigenvalue weighted by Crippen LogP contribution is 2.46. The maximum atomic E-state index is 13.0. The molecule has 4 nitrogen and oxygen atoms in total. The molecule has 2 aromatic carbocycles. The van der Waals surface area contributed by atoms with E-state index < -0.39 is 0 Å². The van der Waals surface area contributed by atoms with E-state index in [2.05, 4.69) is 18.2 Å². The van der Waals surface area contributed by atoms with E-state index in [0.29, 0.717) is 6.54 Å². The molecule has 24 heavy (non-hydrogen) atoms. The Morgan fingerprint density at radius 2 is 1.75 bits per heavy atom. The first-order chi connectivity index (χ1) is 11.8. The number of nitrogens with zero attached hydrogens (tertiary/aromatic N) is 3. The molecule has 2 aliphatic heterocycles. The molecule has 2 saturated heterocycles. The third-order valence-electron chi connectivity index (χ3n) is 4.61. The minimum Gasteiger partial charge on any atom is -0.302 e. The SMILES string of the molecule is N#CC1C2CSC(c3ccccc3)N2C(=O)N1Cc1ccccc1. The lowest BCUT2D eigenvalue weighted by molar-refractivity contribution is 0.184. The van der Waals surface area contributed by atoms with E-state index in [-0.39, 0.29) is 23.5 Å². The quantitative estimate of drug-likeness (QED) is 0.860. The summed E-state index contributed by atoms with van der Waals surface area (Å²) >= 11 is 1.75. The van der Waals surface area contributed by atoms with E-state index >= 15 is 0 Å². The molecule has 0 bridgehead atoms. The van der Waals surface area contributed by atoms with Gasteiger partial charge in [-0.15, -0.1) is 11.8 Å². The van der Waals surface area contributed by atoms with Crippen LogP contribution in [0.25, 0.3) is 0 Å². The van der Waals surface area contributed by atoms with Crippen LogP contribution in [-0.2, 0) is 6.54 Å². The molecule has 3 atom stereocenters. The molecule has 0 aliphatic carbocycles. The summed E-state index contributed by atoms with van der Waals surface area (Å²) < 4.78 is 0. The van der Waals surface area contributed by atoms with Crippen molar-refractivity contribution in [2.45, 2.75) is 24.0 Å². The summed E-state index contributed by atoms with van der Waals surface area (Å²) in [6, 6.07) is 21.8. The second-order valence-corrected chi connectivity index (χ2v) is 7.15. The molecular weight excluding hydrogens is 318 g/mol. The molecule has 2 fully saturated rings. The summed E-state index contributed by atoms with van der Waals surface area (Å²) in [7, 11) is 0. The van der Waals surface area contributed by atoms with Crippen LogP contribution in [0.4, 0.5) is 4.79 Å². The summed E-state index contributed by atoms with van der Waals surface area (Å²) in [5.74, 6) is 0.800. The third-order valence-corrected chi connectivity index (χ3v) is 5.96. The standard InChI is InChI=1S/C19H17N3OS/c20-11-16-17-13-24-18(15-9-5-2-6-10-15)22(17)19(23)21(16)12-14-7-3-1-4-8-14/h1-10,16-18H,12-13H2. The molecule has 2 aliphatic rings. The maximum Gasteiger partial charge on any atom is 0.323 e. The Morgan fingerprint density at radius 1 is 1.08 bits per heavy atom. The fraction of sp³-hybridized carbons (Fsp3) is 0.263. The molecule has 3 unspecified atom stereocenters. The van der Waals surface area contributed by atoms with Gasteiger partial charge >= 0.3 is 6.03 Å². The van der Waals surface area contributed by atoms with Crippen molar-refractivity contribution >= 4 is 17.8 Å². The van der Waals surface area contributed by atoms with Crippen LogP contribution in [0.5, 0.6) is 0 Å². The van der Waals surface area contributed by atoms with Crippen molar-refractivity contribution in [2.24, 2.45) is 0 Å². The first-order valence-corrected chi connectivity index (χ1v) is 9.03. The number of hydrogen-bond acceptors (Lipinski definition) is 3. The van der Waals surface area contributed by atoms with Gasteiger partial charge in [0.25, 0.3) is 0 Å². The Balaban J connectivity index is 1.63. The predicted molar refractivity (Wildman–Crippen MR) is 94.1 cm³/mol. The second-order valence-electron chi connectivity index (χ2n) is 6.04. The van der Waals surface area contributed by atoms with Gasteiger partial charge in [-0.25, -0.2) is 4.79 Å². The van der Waals surface area contributed by atoms with Gasteiger partial charge in [0.2, 0.25) is 0 Å². The van der Waals surface area contributed by atoms with Crippen molar-refractivity contribution in [1.29, 1.82) is 5.26 Å². The zero-order chi connectivity index (χ0) is 16.5. The fourth-order valence-electron chi connectivity index (χ4n) is 3.46. The van der Waals surface area contributed by atoms with E-state index in [1.165, 1.54) is 0 Å². The highest BCUT2D eigenvalue weighted by atomic mass is 32.2. The number of carbonyl (C=O) groups is 1. The second kappa shape index (κ2) is 6.21. The molecule has 0 saturated carbocycles. The Kier molecular flexibility index (Phi) is 3.91. The first-order valence-electron chi connectivity index (χ1n) is 7.98. The van der Waals surface area contributed by atoms with Gasteiger partial charge < -0.3 is 9.80 Å². The number of benzene rings is 2. The molecule has 0 radical (unpaired) electrons. The van der Waals surface area contributed by atoms with Crippen LogP contribution >= 0.6 is 11.8 Å². The Morgan fingerprint density at radius 3 is 2.42 bits per heavy atom. The van der Waals surface area contributed by atoms with Gasteiger partial charge in [0.1, 0.15) is 11.4 Å². The molecule has 120 valence electrons. The van der Waals surface area contributed by atoms with Gasteiger partial charge in [-0.3, -0.25) is 0 Å². The summed E-state index contributed by atoms with van der Waals surface area (Å²) in [6.07, 6.45) is 0. The van der Waals surface area contributed by atoms with Crippen LogP contribution in [-0.4, -0.2) is 33.7 Å². The average molecular weight is 335 g/mol. The lowest BCUT2D eigenvalue weighted by Crippen LogP contribution is -2.35. The van der Waals surface area contributed by atoms with Crippen molar-refractivity contribution < 1.29 is 4.79 Å². The van der Waals surface area contributed by atoms with E-state index in [4.69, 9.17) is 0 Å². The highest BCUT2D eigenvalue weighted by Gasteiger charge is 2.52. The van der Waals surface area contributed by atoms with Gasteiger partial charge in [0.15, 0.2) is 0 Å².